The highest BCUT2D eigenvalue weighted by atomic mass is 16.5. The quantitative estimate of drug-likeness (QED) is 0.909. The van der Waals surface area contributed by atoms with E-state index in [4.69, 9.17) is 4.74 Å². The van der Waals surface area contributed by atoms with Crippen LogP contribution in [0.15, 0.2) is 48.8 Å². The maximum absolute atomic E-state index is 13.0. The van der Waals surface area contributed by atoms with Gasteiger partial charge in [-0.2, -0.15) is 0 Å². The number of ether oxygens (including phenoxy) is 1. The summed E-state index contributed by atoms with van der Waals surface area (Å²) in [5.74, 6) is -0.244. The van der Waals surface area contributed by atoms with Gasteiger partial charge in [0.15, 0.2) is 0 Å². The van der Waals surface area contributed by atoms with Gasteiger partial charge in [0.1, 0.15) is 0 Å². The summed E-state index contributed by atoms with van der Waals surface area (Å²) in [5.41, 5.74) is 2.02. The molecule has 1 aromatic heterocycles. The summed E-state index contributed by atoms with van der Waals surface area (Å²) in [6.07, 6.45) is 5.37. The molecule has 0 saturated carbocycles. The molecule has 6 nitrogen and oxygen atoms in total. The molecular weight excluding hydrogens is 318 g/mol. The summed E-state index contributed by atoms with van der Waals surface area (Å²) >= 11 is 0. The second kappa shape index (κ2) is 7.90. The Hall–Kier alpha value is -2.73. The first-order valence-corrected chi connectivity index (χ1v) is 8.34. The number of rotatable bonds is 5. The first-order valence-electron chi connectivity index (χ1n) is 8.34. The minimum absolute atomic E-state index is 0.0516. The molecule has 2 heterocycles. The van der Waals surface area contributed by atoms with Crippen molar-refractivity contribution in [2.45, 2.75) is 25.9 Å². The minimum Gasteiger partial charge on any atom is -0.376 e. The van der Waals surface area contributed by atoms with Crippen LogP contribution in [0.3, 0.4) is 0 Å². The zero-order valence-corrected chi connectivity index (χ0v) is 14.1. The summed E-state index contributed by atoms with van der Waals surface area (Å²) in [5, 5.41) is 2.70. The van der Waals surface area contributed by atoms with Gasteiger partial charge < -0.3 is 15.0 Å². The van der Waals surface area contributed by atoms with Crippen LogP contribution < -0.4 is 10.2 Å². The van der Waals surface area contributed by atoms with Gasteiger partial charge in [0.25, 0.3) is 5.91 Å². The zero-order chi connectivity index (χ0) is 17.6. The van der Waals surface area contributed by atoms with Gasteiger partial charge in [-0.1, -0.05) is 0 Å². The smallest absolute Gasteiger partial charge is 0.258 e. The Morgan fingerprint density at radius 3 is 2.52 bits per heavy atom. The highest BCUT2D eigenvalue weighted by Gasteiger charge is 2.24. The fraction of sp³-hybridized carbons (Fsp3) is 0.316. The molecule has 0 bridgehead atoms. The van der Waals surface area contributed by atoms with E-state index in [0.717, 1.165) is 25.1 Å². The molecule has 3 rings (SSSR count). The number of nitrogens with zero attached hydrogens (tertiary/aromatic N) is 2. The lowest BCUT2D eigenvalue weighted by atomic mass is 10.1. The molecule has 2 amide bonds. The number of benzene rings is 1. The van der Waals surface area contributed by atoms with Crippen molar-refractivity contribution in [1.82, 2.24) is 4.98 Å². The Bertz CT molecular complexity index is 725. The standard InChI is InChI=1S/C19H21N3O3/c1-14(23)21-16-6-4-15(5-7-16)19(24)22(13-18-3-2-12-25-18)17-8-10-20-11-9-17/h4-11,18H,2-3,12-13H2,1H3,(H,21,23). The van der Waals surface area contributed by atoms with Crippen molar-refractivity contribution < 1.29 is 14.3 Å². The molecule has 1 fully saturated rings. The van der Waals surface area contributed by atoms with Crippen LogP contribution in [0.5, 0.6) is 0 Å². The summed E-state index contributed by atoms with van der Waals surface area (Å²) in [7, 11) is 0. The van der Waals surface area contributed by atoms with E-state index in [1.165, 1.54) is 6.92 Å². The molecule has 130 valence electrons. The van der Waals surface area contributed by atoms with E-state index in [1.54, 1.807) is 41.6 Å². The fourth-order valence-electron chi connectivity index (χ4n) is 2.88. The van der Waals surface area contributed by atoms with Crippen molar-refractivity contribution in [2.24, 2.45) is 0 Å². The first kappa shape index (κ1) is 17.1. The molecule has 0 radical (unpaired) electrons. The Kier molecular flexibility index (Phi) is 5.40. The highest BCUT2D eigenvalue weighted by Crippen LogP contribution is 2.21. The van der Waals surface area contributed by atoms with Crippen molar-refractivity contribution in [2.75, 3.05) is 23.4 Å². The number of amides is 2. The second-order valence-electron chi connectivity index (χ2n) is 6.01. The van der Waals surface area contributed by atoms with Crippen molar-refractivity contribution >= 4 is 23.2 Å². The van der Waals surface area contributed by atoms with E-state index in [0.29, 0.717) is 17.8 Å². The number of aromatic nitrogens is 1. The third-order valence-corrected chi connectivity index (χ3v) is 4.08. The number of nitrogens with one attached hydrogen (secondary N) is 1. The van der Waals surface area contributed by atoms with Crippen molar-refractivity contribution in [3.8, 4) is 0 Å². The third-order valence-electron chi connectivity index (χ3n) is 4.08. The summed E-state index contributed by atoms with van der Waals surface area (Å²) in [6, 6.07) is 10.5. The molecule has 6 heteroatoms. The molecule has 1 atom stereocenters. The second-order valence-corrected chi connectivity index (χ2v) is 6.01. The third kappa shape index (κ3) is 4.42. The monoisotopic (exact) mass is 339 g/mol. The van der Waals surface area contributed by atoms with Gasteiger partial charge in [0, 0.05) is 42.9 Å². The van der Waals surface area contributed by atoms with Crippen LogP contribution in [0.4, 0.5) is 11.4 Å². The molecule has 0 aliphatic carbocycles. The lowest BCUT2D eigenvalue weighted by Crippen LogP contribution is -2.37. The van der Waals surface area contributed by atoms with Crippen molar-refractivity contribution in [3.63, 3.8) is 0 Å². The lowest BCUT2D eigenvalue weighted by molar-refractivity contribution is -0.114. The van der Waals surface area contributed by atoms with Gasteiger partial charge in [-0.15, -0.1) is 0 Å². The molecule has 2 aromatic rings. The first-order chi connectivity index (χ1) is 12.1. The molecule has 0 spiro atoms. The number of hydrogen-bond donors (Lipinski definition) is 1. The van der Waals surface area contributed by atoms with Gasteiger partial charge in [0.2, 0.25) is 5.91 Å². The Morgan fingerprint density at radius 1 is 1.20 bits per heavy atom. The van der Waals surface area contributed by atoms with E-state index < -0.39 is 0 Å². The summed E-state index contributed by atoms with van der Waals surface area (Å²) < 4.78 is 5.70. The van der Waals surface area contributed by atoms with Crippen LogP contribution in [-0.4, -0.2) is 36.1 Å². The SMILES string of the molecule is CC(=O)Nc1ccc(C(=O)N(CC2CCCO2)c2ccncc2)cc1. The van der Waals surface area contributed by atoms with Crippen LogP contribution >= 0.6 is 0 Å². The number of hydrogen-bond acceptors (Lipinski definition) is 4. The van der Waals surface area contributed by atoms with Crippen LogP contribution in [0.1, 0.15) is 30.1 Å². The average molecular weight is 339 g/mol. The molecule has 1 saturated heterocycles. The van der Waals surface area contributed by atoms with Crippen molar-refractivity contribution in [1.29, 1.82) is 0 Å². The largest absolute Gasteiger partial charge is 0.376 e. The van der Waals surface area contributed by atoms with Crippen LogP contribution in [0.2, 0.25) is 0 Å². The van der Waals surface area contributed by atoms with Crippen LogP contribution in [-0.2, 0) is 9.53 Å². The molecular formula is C19H21N3O3. The molecule has 1 N–H and O–H groups in total. The molecule has 1 unspecified atom stereocenters. The highest BCUT2D eigenvalue weighted by molar-refractivity contribution is 6.06. The molecule has 1 aliphatic rings. The minimum atomic E-state index is -0.143. The van der Waals surface area contributed by atoms with Gasteiger partial charge in [-0.25, -0.2) is 0 Å². The van der Waals surface area contributed by atoms with Crippen LogP contribution in [0, 0.1) is 0 Å². The maximum atomic E-state index is 13.0. The normalized spacial score (nSPS) is 16.4. The van der Waals surface area contributed by atoms with Gasteiger partial charge in [-0.05, 0) is 49.2 Å². The summed E-state index contributed by atoms with van der Waals surface area (Å²) in [6.45, 7) is 2.70. The van der Waals surface area contributed by atoms with Crippen LogP contribution in [0.25, 0.3) is 0 Å². The number of carbonyl (C=O) groups excluding carboxylic acids is 2. The van der Waals surface area contributed by atoms with E-state index in [9.17, 15) is 9.59 Å². The Balaban J connectivity index is 1.81. The fourth-order valence-corrected chi connectivity index (χ4v) is 2.88. The van der Waals surface area contributed by atoms with E-state index in [-0.39, 0.29) is 17.9 Å². The average Bonchev–Trinajstić information content (AvgIpc) is 3.13. The maximum Gasteiger partial charge on any atom is 0.258 e. The predicted molar refractivity (Wildman–Crippen MR) is 95.6 cm³/mol. The van der Waals surface area contributed by atoms with Gasteiger partial charge >= 0.3 is 0 Å². The molecule has 1 aromatic carbocycles. The Labute approximate surface area is 146 Å². The predicted octanol–water partition coefficient (Wildman–Crippen LogP) is 2.87. The molecule has 25 heavy (non-hydrogen) atoms. The van der Waals surface area contributed by atoms with E-state index in [2.05, 4.69) is 10.3 Å². The topological polar surface area (TPSA) is 71.5 Å². The number of anilines is 2. The lowest BCUT2D eigenvalue weighted by Gasteiger charge is -2.25. The molecule has 1 aliphatic heterocycles. The van der Waals surface area contributed by atoms with Gasteiger partial charge in [-0.3, -0.25) is 14.6 Å². The number of carbonyl (C=O) groups is 2. The number of pyridine rings is 1. The van der Waals surface area contributed by atoms with Crippen molar-refractivity contribution in [3.05, 3.63) is 54.4 Å². The van der Waals surface area contributed by atoms with E-state index in [1.807, 2.05) is 12.1 Å². The van der Waals surface area contributed by atoms with Gasteiger partial charge in [0.05, 0.1) is 12.6 Å². The summed E-state index contributed by atoms with van der Waals surface area (Å²) in [4.78, 5) is 29.9. The zero-order valence-electron chi connectivity index (χ0n) is 14.1. The Morgan fingerprint density at radius 2 is 1.92 bits per heavy atom. The van der Waals surface area contributed by atoms with E-state index >= 15 is 0 Å².